The second-order valence-corrected chi connectivity index (χ2v) is 6.70. The summed E-state index contributed by atoms with van der Waals surface area (Å²) in [5, 5.41) is 6.52. The van der Waals surface area contributed by atoms with Gasteiger partial charge in [-0.15, -0.1) is 0 Å². The highest BCUT2D eigenvalue weighted by molar-refractivity contribution is 5.83. The number of hydrogen-bond acceptors (Lipinski definition) is 3. The van der Waals surface area contributed by atoms with E-state index in [4.69, 9.17) is 0 Å². The first kappa shape index (κ1) is 12.8. The molecule has 2 N–H and O–H groups in total. The van der Waals surface area contributed by atoms with E-state index < -0.39 is 5.54 Å². The van der Waals surface area contributed by atoms with Crippen LogP contribution in [0, 0.1) is 17.8 Å². The molecule has 4 rings (SSSR count). The molecule has 1 amide bonds. The Hall–Kier alpha value is -1.88. The van der Waals surface area contributed by atoms with Gasteiger partial charge >= 0.3 is 0 Å². The van der Waals surface area contributed by atoms with Gasteiger partial charge in [-0.1, -0.05) is 6.07 Å². The third-order valence-electron chi connectivity index (χ3n) is 4.83. The van der Waals surface area contributed by atoms with Crippen molar-refractivity contribution >= 4 is 11.4 Å². The molecule has 2 unspecified atom stereocenters. The minimum Gasteiger partial charge on any atom is -0.344 e. The van der Waals surface area contributed by atoms with Crippen molar-refractivity contribution in [2.75, 3.05) is 13.1 Å². The van der Waals surface area contributed by atoms with Gasteiger partial charge in [0.15, 0.2) is 0 Å². The minimum atomic E-state index is -0.477. The molecule has 2 aromatic heterocycles. The molecular formula is C16H20N4O. The Morgan fingerprint density at radius 1 is 1.38 bits per heavy atom. The molecule has 2 aromatic rings. The van der Waals surface area contributed by atoms with Crippen LogP contribution in [0.5, 0.6) is 0 Å². The van der Waals surface area contributed by atoms with Crippen LogP contribution < -0.4 is 10.6 Å². The van der Waals surface area contributed by atoms with Crippen LogP contribution in [0.2, 0.25) is 0 Å². The van der Waals surface area contributed by atoms with Crippen LogP contribution >= 0.6 is 0 Å². The van der Waals surface area contributed by atoms with Crippen molar-refractivity contribution in [3.05, 3.63) is 36.4 Å². The van der Waals surface area contributed by atoms with E-state index in [1.807, 2.05) is 48.8 Å². The fourth-order valence-electron chi connectivity index (χ4n) is 3.66. The Morgan fingerprint density at radius 2 is 2.14 bits per heavy atom. The van der Waals surface area contributed by atoms with E-state index in [0.29, 0.717) is 11.8 Å². The van der Waals surface area contributed by atoms with E-state index in [1.165, 1.54) is 0 Å². The molecule has 5 nitrogen and oxygen atoms in total. The van der Waals surface area contributed by atoms with Gasteiger partial charge in [0.05, 0.1) is 17.3 Å². The molecule has 1 aliphatic heterocycles. The van der Waals surface area contributed by atoms with Gasteiger partial charge in [-0.25, -0.2) is 4.98 Å². The maximum Gasteiger partial charge on any atom is 0.224 e. The molecule has 1 saturated heterocycles. The summed E-state index contributed by atoms with van der Waals surface area (Å²) in [5.74, 6) is 2.31. The molecule has 1 aliphatic carbocycles. The molecule has 110 valence electrons. The predicted molar refractivity (Wildman–Crippen MR) is 79.7 cm³/mol. The van der Waals surface area contributed by atoms with Gasteiger partial charge in [0.25, 0.3) is 0 Å². The Kier molecular flexibility index (Phi) is 2.63. The fourth-order valence-corrected chi connectivity index (χ4v) is 3.66. The van der Waals surface area contributed by atoms with Gasteiger partial charge in [0.1, 0.15) is 5.82 Å². The minimum absolute atomic E-state index is 0.171. The summed E-state index contributed by atoms with van der Waals surface area (Å²) in [4.78, 5) is 17.0. The highest BCUT2D eigenvalue weighted by Gasteiger charge is 2.57. The fraction of sp³-hybridized carbons (Fsp3) is 0.500. The molecule has 2 atom stereocenters. The molecule has 3 heterocycles. The third kappa shape index (κ3) is 1.95. The quantitative estimate of drug-likeness (QED) is 0.889. The van der Waals surface area contributed by atoms with Crippen molar-refractivity contribution in [3.8, 4) is 0 Å². The first-order valence-electron chi connectivity index (χ1n) is 7.53. The van der Waals surface area contributed by atoms with Crippen molar-refractivity contribution in [2.45, 2.75) is 19.4 Å². The number of nitrogens with zero attached hydrogens (tertiary/aromatic N) is 2. The second-order valence-electron chi connectivity index (χ2n) is 6.70. The Bertz CT molecular complexity index is 695. The summed E-state index contributed by atoms with van der Waals surface area (Å²) in [6.07, 6.45) is 3.83. The zero-order valence-electron chi connectivity index (χ0n) is 12.3. The summed E-state index contributed by atoms with van der Waals surface area (Å²) in [7, 11) is 0. The Labute approximate surface area is 123 Å². The Morgan fingerprint density at radius 3 is 2.90 bits per heavy atom. The van der Waals surface area contributed by atoms with Crippen molar-refractivity contribution in [3.63, 3.8) is 0 Å². The molecule has 0 spiro atoms. The van der Waals surface area contributed by atoms with Gasteiger partial charge in [-0.05, 0) is 50.9 Å². The number of fused-ring (bicyclic) bond motifs is 2. The number of carbonyl (C=O) groups is 1. The molecule has 0 aromatic carbocycles. The van der Waals surface area contributed by atoms with Crippen LogP contribution in [-0.4, -0.2) is 28.4 Å². The van der Waals surface area contributed by atoms with Gasteiger partial charge < -0.3 is 15.0 Å². The molecule has 2 aliphatic rings. The molecule has 0 bridgehead atoms. The summed E-state index contributed by atoms with van der Waals surface area (Å²) in [5.41, 5.74) is 0.567. The topological polar surface area (TPSA) is 58.4 Å². The number of piperidine rings is 1. The summed E-state index contributed by atoms with van der Waals surface area (Å²) < 4.78 is 2.04. The van der Waals surface area contributed by atoms with Crippen molar-refractivity contribution in [1.29, 1.82) is 0 Å². The number of carbonyl (C=O) groups excluding carboxylic acids is 1. The second kappa shape index (κ2) is 4.31. The molecule has 1 saturated carbocycles. The van der Waals surface area contributed by atoms with Crippen molar-refractivity contribution in [1.82, 2.24) is 20.0 Å². The van der Waals surface area contributed by atoms with Crippen LogP contribution in [-0.2, 0) is 10.3 Å². The van der Waals surface area contributed by atoms with Crippen LogP contribution in [0.25, 0.3) is 5.52 Å². The van der Waals surface area contributed by atoms with E-state index in [2.05, 4.69) is 15.6 Å². The lowest BCUT2D eigenvalue weighted by atomic mass is 10.0. The van der Waals surface area contributed by atoms with Gasteiger partial charge in [0, 0.05) is 12.1 Å². The van der Waals surface area contributed by atoms with Gasteiger partial charge in [-0.3, -0.25) is 4.79 Å². The maximum atomic E-state index is 12.5. The molecule has 21 heavy (non-hydrogen) atoms. The maximum absolute atomic E-state index is 12.5. The van der Waals surface area contributed by atoms with Crippen LogP contribution in [0.3, 0.4) is 0 Å². The van der Waals surface area contributed by atoms with Gasteiger partial charge in [-0.2, -0.15) is 0 Å². The summed E-state index contributed by atoms with van der Waals surface area (Å²) in [6, 6.07) is 5.99. The van der Waals surface area contributed by atoms with E-state index in [-0.39, 0.29) is 11.8 Å². The smallest absolute Gasteiger partial charge is 0.224 e. The van der Waals surface area contributed by atoms with E-state index in [0.717, 1.165) is 24.4 Å². The summed E-state index contributed by atoms with van der Waals surface area (Å²) >= 11 is 0. The zero-order chi connectivity index (χ0) is 14.6. The first-order chi connectivity index (χ1) is 10.1. The highest BCUT2D eigenvalue weighted by Crippen LogP contribution is 2.49. The number of nitrogens with one attached hydrogen (secondary N) is 2. The molecule has 0 radical (unpaired) electrons. The molecule has 2 fully saturated rings. The van der Waals surface area contributed by atoms with E-state index >= 15 is 0 Å². The van der Waals surface area contributed by atoms with E-state index in [1.54, 1.807) is 0 Å². The number of hydrogen-bond donors (Lipinski definition) is 2. The number of rotatable bonds is 3. The SMILES string of the molecule is CC(C)(NC(=O)C1C2CNCC21)c1ncc2ccccn12. The number of imidazole rings is 1. The third-order valence-corrected chi connectivity index (χ3v) is 4.83. The van der Waals surface area contributed by atoms with Crippen molar-refractivity contribution < 1.29 is 4.79 Å². The average molecular weight is 284 g/mol. The van der Waals surface area contributed by atoms with Crippen LogP contribution in [0.1, 0.15) is 19.7 Å². The zero-order valence-corrected chi connectivity index (χ0v) is 12.3. The summed E-state index contributed by atoms with van der Waals surface area (Å²) in [6.45, 7) is 6.00. The number of amides is 1. The largest absolute Gasteiger partial charge is 0.344 e. The lowest BCUT2D eigenvalue weighted by molar-refractivity contribution is -0.124. The standard InChI is InChI=1S/C16H20N4O/c1-16(2,15-18-7-10-5-3-4-6-20(10)15)19-14(21)13-11-8-17-9-12(11)13/h3-7,11-13,17H,8-9H2,1-2H3,(H,19,21). The van der Waals surface area contributed by atoms with Gasteiger partial charge in [0.2, 0.25) is 5.91 Å². The molecular weight excluding hydrogens is 264 g/mol. The van der Waals surface area contributed by atoms with E-state index in [9.17, 15) is 4.79 Å². The van der Waals surface area contributed by atoms with Crippen LogP contribution in [0.4, 0.5) is 0 Å². The lowest BCUT2D eigenvalue weighted by Crippen LogP contribution is -2.44. The Balaban J connectivity index is 1.57. The predicted octanol–water partition coefficient (Wildman–Crippen LogP) is 1.15. The monoisotopic (exact) mass is 284 g/mol. The van der Waals surface area contributed by atoms with Crippen LogP contribution in [0.15, 0.2) is 30.6 Å². The van der Waals surface area contributed by atoms with Crippen molar-refractivity contribution in [2.24, 2.45) is 17.8 Å². The first-order valence-corrected chi connectivity index (χ1v) is 7.53. The normalized spacial score (nSPS) is 27.6. The average Bonchev–Trinajstić information content (AvgIpc) is 2.82. The lowest BCUT2D eigenvalue weighted by Gasteiger charge is -2.25. The highest BCUT2D eigenvalue weighted by atomic mass is 16.2. The number of aromatic nitrogens is 2. The molecule has 5 heteroatoms. The number of pyridine rings is 1.